The largest absolute Gasteiger partial charge is 1.00 e. The molecule has 0 aromatic carbocycles. The molecule has 0 atom stereocenters. The summed E-state index contributed by atoms with van der Waals surface area (Å²) in [5.74, 6) is 0. The smallest absolute Gasteiger partial charge is 0.386 e. The molecular formula is C5H4NRbS. The van der Waals surface area contributed by atoms with Crippen molar-refractivity contribution in [2.24, 2.45) is 0 Å². The maximum Gasteiger partial charge on any atom is 1.00 e. The summed E-state index contributed by atoms with van der Waals surface area (Å²) in [7, 11) is 0. The molecule has 1 N–H and O–H groups in total. The second-order valence-corrected chi connectivity index (χ2v) is 1.59. The molecule has 1 nitrogen and oxygen atoms in total. The van der Waals surface area contributed by atoms with E-state index in [1.54, 1.807) is 18.3 Å². The van der Waals surface area contributed by atoms with Gasteiger partial charge in [-0.15, -0.1) is 0 Å². The van der Waals surface area contributed by atoms with Gasteiger partial charge >= 0.3 is 58.2 Å². The molecule has 36 valence electrons. The van der Waals surface area contributed by atoms with Gasteiger partial charge in [-0.1, -0.05) is 18.4 Å². The quantitative estimate of drug-likeness (QED) is 0.396. The van der Waals surface area contributed by atoms with E-state index >= 15 is 0 Å². The molecule has 0 radical (unpaired) electrons. The van der Waals surface area contributed by atoms with Crippen molar-refractivity contribution in [2.75, 3.05) is 0 Å². The predicted molar refractivity (Wildman–Crippen MR) is 30.5 cm³/mol. The van der Waals surface area contributed by atoms with Gasteiger partial charge in [0, 0.05) is 4.64 Å². The van der Waals surface area contributed by atoms with E-state index in [2.05, 4.69) is 11.1 Å². The topological polar surface area (TPSA) is 15.8 Å². The molecule has 1 rings (SSSR count). The third-order valence-corrected chi connectivity index (χ3v) is 0.883. The SMILES string of the molecule is S=c1cc[c-]c[nH]1.[Rb+]. The number of pyridine rings is 1. The minimum absolute atomic E-state index is 0. The van der Waals surface area contributed by atoms with E-state index in [1.165, 1.54) is 0 Å². The van der Waals surface area contributed by atoms with Gasteiger partial charge in [0.2, 0.25) is 0 Å². The molecule has 0 bridgehead atoms. The zero-order valence-corrected chi connectivity index (χ0v) is 10.4. The first-order valence-electron chi connectivity index (χ1n) is 1.94. The second kappa shape index (κ2) is 5.00. The molecule has 0 spiro atoms. The fraction of sp³-hybridized carbons (Fsp3) is 0. The third kappa shape index (κ3) is 3.25. The number of hydrogen-bond acceptors (Lipinski definition) is 1. The Labute approximate surface area is 102 Å². The summed E-state index contributed by atoms with van der Waals surface area (Å²) in [6.45, 7) is 0. The van der Waals surface area contributed by atoms with E-state index in [-0.39, 0.29) is 58.2 Å². The number of aromatic nitrogens is 1. The van der Waals surface area contributed by atoms with Gasteiger partial charge in [0.1, 0.15) is 0 Å². The van der Waals surface area contributed by atoms with E-state index in [1.807, 2.05) is 0 Å². The Kier molecular flexibility index (Phi) is 5.73. The Morgan fingerprint density at radius 2 is 2.38 bits per heavy atom. The first kappa shape index (κ1) is 9.18. The van der Waals surface area contributed by atoms with Crippen LogP contribution >= 0.6 is 12.2 Å². The Bertz CT molecular complexity index is 178. The zero-order valence-electron chi connectivity index (χ0n) is 4.64. The molecule has 0 aliphatic carbocycles. The fourth-order valence-corrected chi connectivity index (χ4v) is 0.460. The van der Waals surface area contributed by atoms with Crippen LogP contribution in [0.4, 0.5) is 0 Å². The Hall–Kier alpha value is 1.18. The molecule has 0 unspecified atom stereocenters. The second-order valence-electron chi connectivity index (χ2n) is 1.15. The van der Waals surface area contributed by atoms with Crippen LogP contribution in [0.2, 0.25) is 0 Å². The fourth-order valence-electron chi connectivity index (χ4n) is 0.333. The van der Waals surface area contributed by atoms with E-state index in [0.29, 0.717) is 0 Å². The van der Waals surface area contributed by atoms with Crippen LogP contribution in [0.3, 0.4) is 0 Å². The standard InChI is InChI=1S/C5H4NS.Rb/c7-5-3-1-2-4-6-5;/h1,3-4H,(H,6,7);/q-1;+1. The van der Waals surface area contributed by atoms with Gasteiger partial charge < -0.3 is 4.98 Å². The van der Waals surface area contributed by atoms with Crippen LogP contribution in [0.15, 0.2) is 18.3 Å². The maximum absolute atomic E-state index is 4.74. The molecule has 1 aromatic rings. The van der Waals surface area contributed by atoms with Crippen molar-refractivity contribution >= 4 is 12.2 Å². The normalized spacial score (nSPS) is 7.50. The number of aromatic amines is 1. The van der Waals surface area contributed by atoms with Gasteiger partial charge in [0.25, 0.3) is 0 Å². The van der Waals surface area contributed by atoms with Crippen molar-refractivity contribution in [3.05, 3.63) is 29.0 Å². The van der Waals surface area contributed by atoms with E-state index in [0.717, 1.165) is 4.64 Å². The number of H-pyrrole nitrogens is 1. The third-order valence-electron chi connectivity index (χ3n) is 0.629. The van der Waals surface area contributed by atoms with Gasteiger partial charge in [-0.3, -0.25) is 0 Å². The van der Waals surface area contributed by atoms with Crippen molar-refractivity contribution < 1.29 is 58.2 Å². The van der Waals surface area contributed by atoms with Crippen LogP contribution in [0.25, 0.3) is 0 Å². The molecule has 0 fully saturated rings. The predicted octanol–water partition coefficient (Wildman–Crippen LogP) is -1.45. The summed E-state index contributed by atoms with van der Waals surface area (Å²) in [6, 6.07) is 6.37. The minimum Gasteiger partial charge on any atom is -0.386 e. The van der Waals surface area contributed by atoms with Crippen LogP contribution in [0, 0.1) is 10.7 Å². The van der Waals surface area contributed by atoms with Crippen LogP contribution in [-0.4, -0.2) is 4.98 Å². The first-order chi connectivity index (χ1) is 3.39. The molecule has 0 aliphatic heterocycles. The Morgan fingerprint density at radius 1 is 1.62 bits per heavy atom. The van der Waals surface area contributed by atoms with Crippen LogP contribution < -0.4 is 58.2 Å². The average molecular weight is 196 g/mol. The minimum atomic E-state index is 0. The summed E-state index contributed by atoms with van der Waals surface area (Å²) < 4.78 is 0.749. The zero-order chi connectivity index (χ0) is 5.11. The molecule has 0 aliphatic rings. The molecule has 1 heterocycles. The molecule has 0 saturated carbocycles. The van der Waals surface area contributed by atoms with Crippen molar-refractivity contribution in [3.8, 4) is 0 Å². The summed E-state index contributed by atoms with van der Waals surface area (Å²) in [5.41, 5.74) is 0. The van der Waals surface area contributed by atoms with Crippen molar-refractivity contribution in [1.29, 1.82) is 0 Å². The van der Waals surface area contributed by atoms with E-state index in [9.17, 15) is 0 Å². The average Bonchev–Trinajstić information content (AvgIpc) is 1.69. The van der Waals surface area contributed by atoms with Gasteiger partial charge in [-0.25, -0.2) is 12.1 Å². The number of rotatable bonds is 0. The van der Waals surface area contributed by atoms with Gasteiger partial charge in [0.05, 0.1) is 0 Å². The van der Waals surface area contributed by atoms with Crippen LogP contribution in [0.5, 0.6) is 0 Å². The summed E-state index contributed by atoms with van der Waals surface area (Å²) >= 11 is 4.74. The van der Waals surface area contributed by atoms with Gasteiger partial charge in [-0.2, -0.15) is 6.07 Å². The molecular weight excluding hydrogens is 192 g/mol. The maximum atomic E-state index is 4.74. The number of nitrogens with one attached hydrogen (secondary N) is 1. The number of hydrogen-bond donors (Lipinski definition) is 1. The van der Waals surface area contributed by atoms with Crippen LogP contribution in [0.1, 0.15) is 0 Å². The molecule has 8 heavy (non-hydrogen) atoms. The van der Waals surface area contributed by atoms with Crippen molar-refractivity contribution in [1.82, 2.24) is 4.98 Å². The van der Waals surface area contributed by atoms with Gasteiger partial charge in [-0.05, 0) is 0 Å². The molecule has 1 aromatic heterocycles. The molecule has 0 saturated heterocycles. The summed E-state index contributed by atoms with van der Waals surface area (Å²) in [5, 5.41) is 0. The molecule has 3 heteroatoms. The van der Waals surface area contributed by atoms with E-state index < -0.39 is 0 Å². The van der Waals surface area contributed by atoms with Crippen LogP contribution in [-0.2, 0) is 0 Å². The van der Waals surface area contributed by atoms with Crippen molar-refractivity contribution in [3.63, 3.8) is 0 Å². The monoisotopic (exact) mass is 195 g/mol. The Morgan fingerprint density at radius 3 is 2.62 bits per heavy atom. The first-order valence-corrected chi connectivity index (χ1v) is 2.35. The summed E-state index contributed by atoms with van der Waals surface area (Å²) in [6.07, 6.45) is 1.68. The summed E-state index contributed by atoms with van der Waals surface area (Å²) in [4.78, 5) is 2.79. The molecule has 0 amide bonds. The van der Waals surface area contributed by atoms with Crippen molar-refractivity contribution in [2.45, 2.75) is 0 Å². The van der Waals surface area contributed by atoms with E-state index in [4.69, 9.17) is 12.2 Å². The van der Waals surface area contributed by atoms with Gasteiger partial charge in [0.15, 0.2) is 0 Å². The Balaban J connectivity index is 0.000000490.